The summed E-state index contributed by atoms with van der Waals surface area (Å²) in [5.74, 6) is 0. The van der Waals surface area contributed by atoms with Crippen molar-refractivity contribution in [3.05, 3.63) is 29.3 Å². The number of nitrogens with zero attached hydrogens (tertiary/aromatic N) is 1. The van der Waals surface area contributed by atoms with Gasteiger partial charge in [-0.25, -0.2) is 4.79 Å². The van der Waals surface area contributed by atoms with Gasteiger partial charge in [0, 0.05) is 6.54 Å². The molecule has 3 heteroatoms. The van der Waals surface area contributed by atoms with E-state index in [2.05, 4.69) is 32.0 Å². The fourth-order valence-corrected chi connectivity index (χ4v) is 2.19. The first-order valence-electron chi connectivity index (χ1n) is 7.88. The molecule has 1 aromatic rings. The van der Waals surface area contributed by atoms with Crippen molar-refractivity contribution in [1.82, 2.24) is 0 Å². The highest BCUT2D eigenvalue weighted by Crippen LogP contribution is 2.29. The molecule has 0 aromatic heterocycles. The topological polar surface area (TPSA) is 29.5 Å². The van der Waals surface area contributed by atoms with E-state index >= 15 is 0 Å². The maximum Gasteiger partial charge on any atom is 0.414 e. The molecule has 0 N–H and O–H groups in total. The number of hydrogen-bond acceptors (Lipinski definition) is 2. The molecule has 0 saturated carbocycles. The van der Waals surface area contributed by atoms with Crippen molar-refractivity contribution < 1.29 is 9.53 Å². The first-order chi connectivity index (χ1) is 9.78. The summed E-state index contributed by atoms with van der Waals surface area (Å²) < 4.78 is 5.46. The molecule has 0 atom stereocenters. The average Bonchev–Trinajstić information content (AvgIpc) is 2.36. The van der Waals surface area contributed by atoms with E-state index in [0.717, 1.165) is 25.1 Å². The third-order valence-corrected chi connectivity index (χ3v) is 2.97. The van der Waals surface area contributed by atoms with Crippen molar-refractivity contribution in [3.8, 4) is 0 Å². The summed E-state index contributed by atoms with van der Waals surface area (Å²) in [6, 6.07) is 6.27. The highest BCUT2D eigenvalue weighted by molar-refractivity contribution is 5.89. The van der Waals surface area contributed by atoms with Gasteiger partial charge < -0.3 is 4.74 Å². The Morgan fingerprint density at radius 2 is 1.90 bits per heavy atom. The molecule has 0 unspecified atom stereocenters. The lowest BCUT2D eigenvalue weighted by atomic mass is 10.0. The zero-order valence-corrected chi connectivity index (χ0v) is 14.3. The Hall–Kier alpha value is -1.51. The second-order valence-electron chi connectivity index (χ2n) is 6.57. The van der Waals surface area contributed by atoms with E-state index in [0.29, 0.717) is 0 Å². The summed E-state index contributed by atoms with van der Waals surface area (Å²) in [6.45, 7) is 12.7. The third kappa shape index (κ3) is 5.41. The fourth-order valence-electron chi connectivity index (χ4n) is 2.19. The van der Waals surface area contributed by atoms with Gasteiger partial charge in [0.25, 0.3) is 0 Å². The standard InChI is InChI=1S/C15H21NO2.C3H8/c1-11-7-8-12-6-5-9-16(13(12)10-11)14(17)18-15(2,3)4;1-3-2/h7-8,10H,5-6,9H2,1-4H3;3H2,1-2H3. The van der Waals surface area contributed by atoms with Crippen LogP contribution in [-0.2, 0) is 11.2 Å². The van der Waals surface area contributed by atoms with Crippen molar-refractivity contribution in [2.45, 2.75) is 66.4 Å². The third-order valence-electron chi connectivity index (χ3n) is 2.97. The van der Waals surface area contributed by atoms with Gasteiger partial charge in [-0.2, -0.15) is 0 Å². The first kappa shape index (κ1) is 17.5. The second-order valence-corrected chi connectivity index (χ2v) is 6.57. The smallest absolute Gasteiger partial charge is 0.414 e. The number of benzene rings is 1. The molecule has 2 rings (SSSR count). The second kappa shape index (κ2) is 7.48. The van der Waals surface area contributed by atoms with Crippen molar-refractivity contribution in [1.29, 1.82) is 0 Å². The Morgan fingerprint density at radius 3 is 2.48 bits per heavy atom. The molecule has 0 spiro atoms. The molecule has 1 aromatic carbocycles. The highest BCUT2D eigenvalue weighted by Gasteiger charge is 2.27. The van der Waals surface area contributed by atoms with Crippen LogP contribution in [0, 0.1) is 6.92 Å². The van der Waals surface area contributed by atoms with Crippen molar-refractivity contribution in [2.24, 2.45) is 0 Å². The maximum atomic E-state index is 12.2. The van der Waals surface area contributed by atoms with Crippen LogP contribution in [-0.4, -0.2) is 18.2 Å². The molecule has 1 aliphatic rings. The Kier molecular flexibility index (Phi) is 6.25. The molecule has 1 aliphatic heterocycles. The summed E-state index contributed by atoms with van der Waals surface area (Å²) in [6.07, 6.45) is 3.04. The Balaban J connectivity index is 0.000000677. The number of anilines is 1. The number of rotatable bonds is 0. The fraction of sp³-hybridized carbons (Fsp3) is 0.611. The molecule has 0 fully saturated rings. The number of amides is 1. The van der Waals surface area contributed by atoms with Crippen LogP contribution in [0.4, 0.5) is 10.5 Å². The number of fused-ring (bicyclic) bond motifs is 1. The van der Waals surface area contributed by atoms with Gasteiger partial charge in [0.2, 0.25) is 0 Å². The van der Waals surface area contributed by atoms with Crippen LogP contribution < -0.4 is 4.90 Å². The van der Waals surface area contributed by atoms with Gasteiger partial charge in [0.1, 0.15) is 5.60 Å². The van der Waals surface area contributed by atoms with E-state index in [4.69, 9.17) is 4.74 Å². The summed E-state index contributed by atoms with van der Waals surface area (Å²) in [7, 11) is 0. The number of hydrogen-bond donors (Lipinski definition) is 0. The predicted molar refractivity (Wildman–Crippen MR) is 89.0 cm³/mol. The van der Waals surface area contributed by atoms with E-state index < -0.39 is 5.60 Å². The Morgan fingerprint density at radius 1 is 1.29 bits per heavy atom. The Bertz CT molecular complexity index is 475. The molecule has 1 amide bonds. The van der Waals surface area contributed by atoms with Crippen LogP contribution >= 0.6 is 0 Å². The molecule has 0 radical (unpaired) electrons. The van der Waals surface area contributed by atoms with Crippen molar-refractivity contribution in [2.75, 3.05) is 11.4 Å². The van der Waals surface area contributed by atoms with Crippen LogP contribution in [0.25, 0.3) is 0 Å². The molecule has 0 bridgehead atoms. The van der Waals surface area contributed by atoms with Crippen LogP contribution in [0.15, 0.2) is 18.2 Å². The number of aryl methyl sites for hydroxylation is 2. The van der Waals surface area contributed by atoms with Crippen molar-refractivity contribution >= 4 is 11.8 Å². The quantitative estimate of drug-likeness (QED) is 0.665. The molecule has 1 heterocycles. The lowest BCUT2D eigenvalue weighted by Gasteiger charge is -2.31. The molecule has 0 saturated heterocycles. The van der Waals surface area contributed by atoms with Gasteiger partial charge >= 0.3 is 6.09 Å². The lowest BCUT2D eigenvalue weighted by molar-refractivity contribution is 0.0578. The van der Waals surface area contributed by atoms with E-state index in [1.54, 1.807) is 4.90 Å². The van der Waals surface area contributed by atoms with Gasteiger partial charge in [-0.05, 0) is 57.7 Å². The zero-order valence-electron chi connectivity index (χ0n) is 14.3. The number of carbonyl (C=O) groups excluding carboxylic acids is 1. The number of carbonyl (C=O) groups is 1. The van der Waals surface area contributed by atoms with Gasteiger partial charge in [-0.3, -0.25) is 4.90 Å². The number of ether oxygens (including phenoxy) is 1. The minimum absolute atomic E-state index is 0.242. The van der Waals surface area contributed by atoms with E-state index in [-0.39, 0.29) is 6.09 Å². The minimum Gasteiger partial charge on any atom is -0.443 e. The molecular formula is C18H29NO2. The van der Waals surface area contributed by atoms with Crippen LogP contribution in [0.5, 0.6) is 0 Å². The molecule has 21 heavy (non-hydrogen) atoms. The summed E-state index contributed by atoms with van der Waals surface area (Å²) in [5, 5.41) is 0. The molecular weight excluding hydrogens is 262 g/mol. The van der Waals surface area contributed by atoms with Gasteiger partial charge in [0.05, 0.1) is 5.69 Å². The normalized spacial score (nSPS) is 13.9. The van der Waals surface area contributed by atoms with E-state index in [1.807, 2.05) is 27.7 Å². The largest absolute Gasteiger partial charge is 0.443 e. The lowest BCUT2D eigenvalue weighted by Crippen LogP contribution is -2.39. The summed E-state index contributed by atoms with van der Waals surface area (Å²) in [5.41, 5.74) is 2.97. The maximum absolute atomic E-state index is 12.2. The van der Waals surface area contributed by atoms with Gasteiger partial charge in [-0.1, -0.05) is 32.4 Å². The summed E-state index contributed by atoms with van der Waals surface area (Å²) >= 11 is 0. The zero-order chi connectivity index (χ0) is 16.0. The SMILES string of the molecule is CCC.Cc1ccc2c(c1)N(C(=O)OC(C)(C)C)CCC2. The van der Waals surface area contributed by atoms with Crippen molar-refractivity contribution in [3.63, 3.8) is 0 Å². The van der Waals surface area contributed by atoms with Gasteiger partial charge in [-0.15, -0.1) is 0 Å². The average molecular weight is 291 g/mol. The summed E-state index contributed by atoms with van der Waals surface area (Å²) in [4.78, 5) is 14.0. The highest BCUT2D eigenvalue weighted by atomic mass is 16.6. The molecule has 118 valence electrons. The minimum atomic E-state index is -0.446. The van der Waals surface area contributed by atoms with Gasteiger partial charge in [0.15, 0.2) is 0 Å². The van der Waals surface area contributed by atoms with Crippen LogP contribution in [0.2, 0.25) is 0 Å². The van der Waals surface area contributed by atoms with Crippen LogP contribution in [0.1, 0.15) is 58.6 Å². The molecule has 3 nitrogen and oxygen atoms in total. The monoisotopic (exact) mass is 291 g/mol. The predicted octanol–water partition coefficient (Wildman–Crippen LogP) is 5.10. The molecule has 0 aliphatic carbocycles. The van der Waals surface area contributed by atoms with E-state index in [9.17, 15) is 4.79 Å². The Labute approximate surface area is 129 Å². The first-order valence-corrected chi connectivity index (χ1v) is 7.88. The van der Waals surface area contributed by atoms with E-state index in [1.165, 1.54) is 17.5 Å². The van der Waals surface area contributed by atoms with Crippen LogP contribution in [0.3, 0.4) is 0 Å².